The molecule has 0 bridgehead atoms. The van der Waals surface area contributed by atoms with Crippen molar-refractivity contribution in [3.05, 3.63) is 11.8 Å². The van der Waals surface area contributed by atoms with Crippen LogP contribution in [0.2, 0.25) is 0 Å². The Bertz CT molecular complexity index is 366. The maximum atomic E-state index is 9.24. The molecule has 0 aromatic rings. The zero-order valence-corrected chi connectivity index (χ0v) is 11.1. The van der Waals surface area contributed by atoms with Crippen molar-refractivity contribution in [3.63, 3.8) is 0 Å². The molecule has 6 heteroatoms. The van der Waals surface area contributed by atoms with E-state index in [1.54, 1.807) is 0 Å². The van der Waals surface area contributed by atoms with Crippen LogP contribution in [-0.2, 0) is 9.47 Å². The standard InChI is InChI=1S/C12H17N3O2S/c13-9-11(10-14-1-5-16-6-2-14)12(18)15-3-7-17-8-4-15/h10H,1-8H2. The molecule has 0 radical (unpaired) electrons. The second kappa shape index (κ2) is 6.69. The predicted molar refractivity (Wildman–Crippen MR) is 71.1 cm³/mol. The van der Waals surface area contributed by atoms with Gasteiger partial charge in [-0.3, -0.25) is 0 Å². The summed E-state index contributed by atoms with van der Waals surface area (Å²) in [6.07, 6.45) is 1.86. The molecule has 2 saturated heterocycles. The third kappa shape index (κ3) is 3.42. The van der Waals surface area contributed by atoms with Gasteiger partial charge in [-0.15, -0.1) is 0 Å². The highest BCUT2D eigenvalue weighted by molar-refractivity contribution is 7.80. The van der Waals surface area contributed by atoms with Gasteiger partial charge in [0.15, 0.2) is 0 Å². The predicted octanol–water partition coefficient (Wildman–Crippen LogP) is 0.386. The lowest BCUT2D eigenvalue weighted by atomic mass is 10.2. The van der Waals surface area contributed by atoms with Gasteiger partial charge >= 0.3 is 0 Å². The number of thiocarbonyl (C=S) groups is 1. The van der Waals surface area contributed by atoms with E-state index in [0.29, 0.717) is 37.0 Å². The van der Waals surface area contributed by atoms with Crippen LogP contribution >= 0.6 is 12.2 Å². The average Bonchev–Trinajstić information content (AvgIpc) is 2.46. The zero-order chi connectivity index (χ0) is 12.8. The van der Waals surface area contributed by atoms with E-state index in [-0.39, 0.29) is 0 Å². The quantitative estimate of drug-likeness (QED) is 0.410. The molecule has 2 fully saturated rings. The van der Waals surface area contributed by atoms with Crippen LogP contribution in [0.15, 0.2) is 11.8 Å². The Hall–Kier alpha value is -1.16. The topological polar surface area (TPSA) is 48.7 Å². The van der Waals surface area contributed by atoms with E-state index in [4.69, 9.17) is 21.7 Å². The van der Waals surface area contributed by atoms with Gasteiger partial charge < -0.3 is 19.3 Å². The van der Waals surface area contributed by atoms with Crippen LogP contribution in [0.3, 0.4) is 0 Å². The maximum absolute atomic E-state index is 9.24. The average molecular weight is 267 g/mol. The summed E-state index contributed by atoms with van der Waals surface area (Å²) in [5, 5.41) is 9.24. The van der Waals surface area contributed by atoms with Gasteiger partial charge in [-0.25, -0.2) is 0 Å². The number of hydrogen-bond donors (Lipinski definition) is 0. The van der Waals surface area contributed by atoms with E-state index in [0.717, 1.165) is 26.2 Å². The van der Waals surface area contributed by atoms with E-state index in [9.17, 15) is 5.26 Å². The van der Waals surface area contributed by atoms with Gasteiger partial charge in [-0.1, -0.05) is 12.2 Å². The fraction of sp³-hybridized carbons (Fsp3) is 0.667. The van der Waals surface area contributed by atoms with Crippen molar-refractivity contribution in [3.8, 4) is 6.07 Å². The Morgan fingerprint density at radius 3 is 2.17 bits per heavy atom. The first-order chi connectivity index (χ1) is 8.81. The van der Waals surface area contributed by atoms with Gasteiger partial charge in [0.1, 0.15) is 16.6 Å². The number of ether oxygens (including phenoxy) is 2. The van der Waals surface area contributed by atoms with Crippen LogP contribution in [0, 0.1) is 11.3 Å². The van der Waals surface area contributed by atoms with Crippen LogP contribution in [-0.4, -0.2) is 67.4 Å². The molecular weight excluding hydrogens is 250 g/mol. The first kappa shape index (κ1) is 13.3. The van der Waals surface area contributed by atoms with Crippen molar-refractivity contribution < 1.29 is 9.47 Å². The van der Waals surface area contributed by atoms with E-state index >= 15 is 0 Å². The summed E-state index contributed by atoms with van der Waals surface area (Å²) in [5.41, 5.74) is 0.564. The molecule has 0 aromatic carbocycles. The van der Waals surface area contributed by atoms with Crippen molar-refractivity contribution in [2.45, 2.75) is 0 Å². The summed E-state index contributed by atoms with van der Waals surface area (Å²) in [5.74, 6) is 0. The Morgan fingerprint density at radius 2 is 1.61 bits per heavy atom. The summed E-state index contributed by atoms with van der Waals surface area (Å²) in [6.45, 7) is 5.93. The molecular formula is C12H17N3O2S. The largest absolute Gasteiger partial charge is 0.378 e. The number of nitrogens with zero attached hydrogens (tertiary/aromatic N) is 3. The lowest BCUT2D eigenvalue weighted by Crippen LogP contribution is -2.41. The van der Waals surface area contributed by atoms with Crippen LogP contribution < -0.4 is 0 Å². The minimum Gasteiger partial charge on any atom is -0.378 e. The highest BCUT2D eigenvalue weighted by Gasteiger charge is 2.18. The van der Waals surface area contributed by atoms with Crippen LogP contribution in [0.1, 0.15) is 0 Å². The lowest BCUT2D eigenvalue weighted by Gasteiger charge is -2.30. The number of rotatable bonds is 2. The first-order valence-electron chi connectivity index (χ1n) is 6.12. The summed E-state index contributed by atoms with van der Waals surface area (Å²) < 4.78 is 10.6. The molecule has 18 heavy (non-hydrogen) atoms. The smallest absolute Gasteiger partial charge is 0.121 e. The minimum absolute atomic E-state index is 0.564. The van der Waals surface area contributed by atoms with Gasteiger partial charge in [-0.05, 0) is 0 Å². The molecule has 0 spiro atoms. The Labute approximate surface area is 113 Å². The molecule has 0 amide bonds. The van der Waals surface area contributed by atoms with Gasteiger partial charge in [0, 0.05) is 32.4 Å². The molecule has 0 saturated carbocycles. The second-order valence-electron chi connectivity index (χ2n) is 4.21. The summed E-state index contributed by atoms with van der Waals surface area (Å²) in [6, 6.07) is 2.20. The fourth-order valence-electron chi connectivity index (χ4n) is 1.96. The molecule has 98 valence electrons. The Balaban J connectivity index is 2.00. The zero-order valence-electron chi connectivity index (χ0n) is 10.3. The fourth-order valence-corrected chi connectivity index (χ4v) is 2.24. The second-order valence-corrected chi connectivity index (χ2v) is 4.59. The van der Waals surface area contributed by atoms with Gasteiger partial charge in [0.2, 0.25) is 0 Å². The summed E-state index contributed by atoms with van der Waals surface area (Å²) >= 11 is 5.38. The lowest BCUT2D eigenvalue weighted by molar-refractivity contribution is 0.0590. The maximum Gasteiger partial charge on any atom is 0.121 e. The molecule has 2 aliphatic heterocycles. The van der Waals surface area contributed by atoms with Crippen LogP contribution in [0.25, 0.3) is 0 Å². The number of morpholine rings is 2. The third-order valence-electron chi connectivity index (χ3n) is 3.01. The highest BCUT2D eigenvalue weighted by Crippen LogP contribution is 2.09. The van der Waals surface area contributed by atoms with Gasteiger partial charge in [0.25, 0.3) is 0 Å². The molecule has 0 atom stereocenters. The van der Waals surface area contributed by atoms with Crippen molar-refractivity contribution in [1.82, 2.24) is 9.80 Å². The minimum atomic E-state index is 0.564. The van der Waals surface area contributed by atoms with E-state index in [1.165, 1.54) is 0 Å². The van der Waals surface area contributed by atoms with Crippen LogP contribution in [0.5, 0.6) is 0 Å². The van der Waals surface area contributed by atoms with Crippen molar-refractivity contribution in [2.24, 2.45) is 0 Å². The van der Waals surface area contributed by atoms with E-state index < -0.39 is 0 Å². The SMILES string of the molecule is N#CC(=CN1CCOCC1)C(=S)N1CCOCC1. The summed E-state index contributed by atoms with van der Waals surface area (Å²) in [4.78, 5) is 4.76. The Morgan fingerprint density at radius 1 is 1.06 bits per heavy atom. The first-order valence-corrected chi connectivity index (χ1v) is 6.53. The van der Waals surface area contributed by atoms with Crippen molar-refractivity contribution in [2.75, 3.05) is 52.6 Å². The van der Waals surface area contributed by atoms with E-state index in [2.05, 4.69) is 11.0 Å². The molecule has 2 rings (SSSR count). The summed E-state index contributed by atoms with van der Waals surface area (Å²) in [7, 11) is 0. The van der Waals surface area contributed by atoms with Gasteiger partial charge in [0.05, 0.1) is 26.4 Å². The van der Waals surface area contributed by atoms with Gasteiger partial charge in [-0.2, -0.15) is 5.26 Å². The third-order valence-corrected chi connectivity index (χ3v) is 3.48. The highest BCUT2D eigenvalue weighted by atomic mass is 32.1. The molecule has 5 nitrogen and oxygen atoms in total. The molecule has 0 aliphatic carbocycles. The molecule has 0 aromatic heterocycles. The van der Waals surface area contributed by atoms with Crippen molar-refractivity contribution in [1.29, 1.82) is 5.26 Å². The normalized spacial score (nSPS) is 21.6. The van der Waals surface area contributed by atoms with E-state index in [1.807, 2.05) is 11.1 Å². The number of hydrogen-bond acceptors (Lipinski definition) is 5. The molecule has 2 aliphatic rings. The van der Waals surface area contributed by atoms with Crippen molar-refractivity contribution >= 4 is 17.2 Å². The molecule has 0 N–H and O–H groups in total. The Kier molecular flexibility index (Phi) is 4.93. The molecule has 2 heterocycles. The van der Waals surface area contributed by atoms with Crippen LogP contribution in [0.4, 0.5) is 0 Å². The monoisotopic (exact) mass is 267 g/mol. The number of nitriles is 1. The molecule has 0 unspecified atom stereocenters.